The summed E-state index contributed by atoms with van der Waals surface area (Å²) in [6, 6.07) is 18.7. The molecule has 0 aliphatic carbocycles. The lowest BCUT2D eigenvalue weighted by atomic mass is 9.99. The van der Waals surface area contributed by atoms with E-state index in [9.17, 15) is 0 Å². The summed E-state index contributed by atoms with van der Waals surface area (Å²) in [7, 11) is 3.80. The number of aliphatic imine (C=N–C) groups is 1. The summed E-state index contributed by atoms with van der Waals surface area (Å²) in [5.41, 5.74) is 3.34. The van der Waals surface area contributed by atoms with E-state index in [1.54, 1.807) is 13.4 Å². The Morgan fingerprint density at radius 3 is 2.50 bits per heavy atom. The van der Waals surface area contributed by atoms with E-state index in [0.717, 1.165) is 23.6 Å². The summed E-state index contributed by atoms with van der Waals surface area (Å²) >= 11 is 0. The van der Waals surface area contributed by atoms with Gasteiger partial charge in [0.1, 0.15) is 5.75 Å². The average molecular weight is 350 g/mol. The van der Waals surface area contributed by atoms with Crippen molar-refractivity contribution >= 4 is 11.4 Å². The monoisotopic (exact) mass is 350 g/mol. The van der Waals surface area contributed by atoms with Crippen LogP contribution in [0.1, 0.15) is 24.9 Å². The van der Waals surface area contributed by atoms with Crippen LogP contribution in [0.25, 0.3) is 0 Å². The number of anilines is 1. The van der Waals surface area contributed by atoms with Gasteiger partial charge in [-0.2, -0.15) is 0 Å². The Bertz CT molecular complexity index is 771. The molecule has 0 spiro atoms. The van der Waals surface area contributed by atoms with E-state index in [2.05, 4.69) is 49.2 Å². The van der Waals surface area contributed by atoms with Crippen LogP contribution >= 0.6 is 0 Å². The van der Waals surface area contributed by atoms with Crippen molar-refractivity contribution in [3.8, 4) is 5.75 Å². The van der Waals surface area contributed by atoms with Crippen LogP contribution in [0.5, 0.6) is 5.75 Å². The van der Waals surface area contributed by atoms with Gasteiger partial charge in [-0.1, -0.05) is 42.5 Å². The second-order valence-electron chi connectivity index (χ2n) is 6.42. The standard InChI is InChI=1S/C22H26N2O2/c1-17(24(2)20-11-7-8-12-21(20)25-3)22(18-9-5-4-6-10-18)23-19-13-15-26-16-14-19/h4-13,15,17,22H,14,16H2,1-3H3. The van der Waals surface area contributed by atoms with Crippen LogP contribution in [0.3, 0.4) is 0 Å². The third-order valence-corrected chi connectivity index (χ3v) is 4.81. The summed E-state index contributed by atoms with van der Waals surface area (Å²) in [6.07, 6.45) is 4.54. The number of para-hydroxylation sites is 2. The molecule has 0 saturated carbocycles. The molecule has 0 radical (unpaired) electrons. The summed E-state index contributed by atoms with van der Waals surface area (Å²) < 4.78 is 10.9. The Hall–Kier alpha value is -2.75. The van der Waals surface area contributed by atoms with Gasteiger partial charge < -0.3 is 14.4 Å². The number of ether oxygens (including phenoxy) is 2. The highest BCUT2D eigenvalue weighted by Crippen LogP contribution is 2.33. The Kier molecular flexibility index (Phi) is 5.95. The highest BCUT2D eigenvalue weighted by atomic mass is 16.5. The summed E-state index contributed by atoms with van der Waals surface area (Å²) in [5, 5.41) is 0. The number of methoxy groups -OCH3 is 1. The fourth-order valence-electron chi connectivity index (χ4n) is 3.19. The van der Waals surface area contributed by atoms with Crippen molar-refractivity contribution in [2.24, 2.45) is 4.99 Å². The van der Waals surface area contributed by atoms with E-state index in [1.807, 2.05) is 30.3 Å². The van der Waals surface area contributed by atoms with E-state index >= 15 is 0 Å². The van der Waals surface area contributed by atoms with Gasteiger partial charge in [0.15, 0.2) is 0 Å². The van der Waals surface area contributed by atoms with Crippen molar-refractivity contribution in [2.75, 3.05) is 25.7 Å². The first-order chi connectivity index (χ1) is 12.7. The maximum Gasteiger partial charge on any atom is 0.142 e. The van der Waals surface area contributed by atoms with Gasteiger partial charge in [0.25, 0.3) is 0 Å². The molecule has 2 unspecified atom stereocenters. The summed E-state index contributed by atoms with van der Waals surface area (Å²) in [4.78, 5) is 7.31. The molecule has 0 aromatic heterocycles. The molecule has 0 saturated heterocycles. The quantitative estimate of drug-likeness (QED) is 0.761. The van der Waals surface area contributed by atoms with Crippen LogP contribution in [0.2, 0.25) is 0 Å². The minimum Gasteiger partial charge on any atom is -0.501 e. The van der Waals surface area contributed by atoms with Gasteiger partial charge in [-0.3, -0.25) is 4.99 Å². The molecule has 2 aromatic rings. The smallest absolute Gasteiger partial charge is 0.142 e. The van der Waals surface area contributed by atoms with Gasteiger partial charge in [-0.05, 0) is 30.7 Å². The third-order valence-electron chi connectivity index (χ3n) is 4.81. The topological polar surface area (TPSA) is 34.1 Å². The zero-order valence-corrected chi connectivity index (χ0v) is 15.6. The Morgan fingerprint density at radius 2 is 1.81 bits per heavy atom. The maximum absolute atomic E-state index is 5.55. The van der Waals surface area contributed by atoms with E-state index in [1.165, 1.54) is 5.56 Å². The van der Waals surface area contributed by atoms with Crippen molar-refractivity contribution in [2.45, 2.75) is 25.4 Å². The minimum absolute atomic E-state index is 0.0175. The largest absolute Gasteiger partial charge is 0.501 e. The predicted molar refractivity (Wildman–Crippen MR) is 107 cm³/mol. The van der Waals surface area contributed by atoms with E-state index in [0.29, 0.717) is 6.61 Å². The van der Waals surface area contributed by atoms with Crippen LogP contribution in [0.15, 0.2) is 71.9 Å². The van der Waals surface area contributed by atoms with Crippen molar-refractivity contribution in [1.82, 2.24) is 0 Å². The molecule has 0 bridgehead atoms. The fraction of sp³-hybridized carbons (Fsp3) is 0.318. The number of hydrogen-bond donors (Lipinski definition) is 0. The van der Waals surface area contributed by atoms with Gasteiger partial charge in [0.2, 0.25) is 0 Å². The number of benzene rings is 2. The molecule has 0 N–H and O–H groups in total. The molecule has 1 aliphatic heterocycles. The van der Waals surface area contributed by atoms with Crippen LogP contribution in [0.4, 0.5) is 5.69 Å². The minimum atomic E-state index is 0.0175. The Morgan fingerprint density at radius 1 is 1.08 bits per heavy atom. The van der Waals surface area contributed by atoms with Crippen LogP contribution in [-0.2, 0) is 4.74 Å². The van der Waals surface area contributed by atoms with Gasteiger partial charge in [0, 0.05) is 19.2 Å². The van der Waals surface area contributed by atoms with Crippen LogP contribution in [0, 0.1) is 0 Å². The second kappa shape index (κ2) is 8.56. The number of allylic oxidation sites excluding steroid dienone is 1. The molecule has 2 aromatic carbocycles. The molecular weight excluding hydrogens is 324 g/mol. The lowest BCUT2D eigenvalue weighted by Gasteiger charge is -2.33. The summed E-state index contributed by atoms with van der Waals surface area (Å²) in [6.45, 7) is 2.89. The molecule has 4 nitrogen and oxygen atoms in total. The lowest BCUT2D eigenvalue weighted by Crippen LogP contribution is -2.34. The number of hydrogen-bond acceptors (Lipinski definition) is 4. The third kappa shape index (κ3) is 4.07. The lowest BCUT2D eigenvalue weighted by molar-refractivity contribution is 0.254. The van der Waals surface area contributed by atoms with Gasteiger partial charge in [-0.15, -0.1) is 0 Å². The molecule has 4 heteroatoms. The first-order valence-electron chi connectivity index (χ1n) is 8.96. The zero-order chi connectivity index (χ0) is 18.4. The highest BCUT2D eigenvalue weighted by Gasteiger charge is 2.24. The molecule has 26 heavy (non-hydrogen) atoms. The first kappa shape index (κ1) is 18.1. The normalized spacial score (nSPS) is 17.4. The van der Waals surface area contributed by atoms with E-state index < -0.39 is 0 Å². The molecule has 3 rings (SSSR count). The molecule has 136 valence electrons. The van der Waals surface area contributed by atoms with Crippen molar-refractivity contribution in [3.05, 3.63) is 72.5 Å². The average Bonchev–Trinajstić information content (AvgIpc) is 2.72. The van der Waals surface area contributed by atoms with Crippen LogP contribution in [-0.4, -0.2) is 32.5 Å². The highest BCUT2D eigenvalue weighted by molar-refractivity contribution is 5.95. The first-order valence-corrected chi connectivity index (χ1v) is 8.96. The fourth-order valence-corrected chi connectivity index (χ4v) is 3.19. The molecule has 1 heterocycles. The second-order valence-corrected chi connectivity index (χ2v) is 6.42. The number of rotatable bonds is 6. The zero-order valence-electron chi connectivity index (χ0n) is 15.6. The summed E-state index contributed by atoms with van der Waals surface area (Å²) in [5.74, 6) is 0.868. The van der Waals surface area contributed by atoms with Gasteiger partial charge in [-0.25, -0.2) is 0 Å². The maximum atomic E-state index is 5.55. The van der Waals surface area contributed by atoms with E-state index in [-0.39, 0.29) is 12.1 Å². The predicted octanol–water partition coefficient (Wildman–Crippen LogP) is 4.64. The Labute approximate surface area is 155 Å². The molecule has 1 aliphatic rings. The SMILES string of the molecule is COc1ccccc1N(C)C(C)C(N=C1C=COCC1)c1ccccc1. The molecule has 2 atom stereocenters. The number of nitrogens with zero attached hydrogens (tertiary/aromatic N) is 2. The van der Waals surface area contributed by atoms with E-state index in [4.69, 9.17) is 14.5 Å². The van der Waals surface area contributed by atoms with Gasteiger partial charge >= 0.3 is 0 Å². The molecule has 0 amide bonds. The molecular formula is C22H26N2O2. The van der Waals surface area contributed by atoms with Crippen molar-refractivity contribution in [1.29, 1.82) is 0 Å². The van der Waals surface area contributed by atoms with Gasteiger partial charge in [0.05, 0.1) is 37.7 Å². The van der Waals surface area contributed by atoms with Crippen molar-refractivity contribution < 1.29 is 9.47 Å². The van der Waals surface area contributed by atoms with Crippen LogP contribution < -0.4 is 9.64 Å². The van der Waals surface area contributed by atoms with Crippen molar-refractivity contribution in [3.63, 3.8) is 0 Å². The Balaban J connectivity index is 1.95. The molecule has 0 fully saturated rings. The number of likely N-dealkylation sites (N-methyl/N-ethyl adjacent to an activating group) is 1.